The fourth-order valence-corrected chi connectivity index (χ4v) is 0.799. The first kappa shape index (κ1) is 6.24. The van der Waals surface area contributed by atoms with E-state index in [1.165, 1.54) is 6.33 Å². The molecule has 6 heteroatoms. The van der Waals surface area contributed by atoms with Crippen molar-refractivity contribution in [2.45, 2.75) is 5.03 Å². The highest BCUT2D eigenvalue weighted by atomic mass is 32.2. The first-order valence-corrected chi connectivity index (χ1v) is 3.17. The zero-order chi connectivity index (χ0) is 6.85. The minimum absolute atomic E-state index is 0.00309. The second-order valence-electron chi connectivity index (χ2n) is 1.35. The molecule has 5 nitrogen and oxygen atoms in total. The van der Waals surface area contributed by atoms with Crippen molar-refractivity contribution < 1.29 is 8.76 Å². The first-order chi connectivity index (χ1) is 4.22. The number of imidazole rings is 1. The molecule has 50 valence electrons. The molecule has 1 aromatic heterocycles. The second kappa shape index (κ2) is 2.16. The number of H-pyrrole nitrogens is 1. The number of hydrogen-bond acceptors (Lipinski definition) is 4. The van der Waals surface area contributed by atoms with E-state index in [0.29, 0.717) is 0 Å². The third-order valence-electron chi connectivity index (χ3n) is 0.799. The predicted octanol–water partition coefficient (Wildman–Crippen LogP) is -0.770. The summed E-state index contributed by atoms with van der Waals surface area (Å²) in [5.41, 5.74) is 5.11. The van der Waals surface area contributed by atoms with Crippen LogP contribution in [0.15, 0.2) is 11.4 Å². The molecular formula is C3H4N3O2S-. The smallest absolute Gasteiger partial charge is 0.157 e. The van der Waals surface area contributed by atoms with Crippen molar-refractivity contribution in [1.82, 2.24) is 9.97 Å². The summed E-state index contributed by atoms with van der Waals surface area (Å²) in [7, 11) is 0. The van der Waals surface area contributed by atoms with Crippen LogP contribution in [0.1, 0.15) is 0 Å². The monoisotopic (exact) mass is 146 g/mol. The van der Waals surface area contributed by atoms with Crippen molar-refractivity contribution in [2.24, 2.45) is 0 Å². The Kier molecular flexibility index (Phi) is 1.50. The lowest BCUT2D eigenvalue weighted by atomic mass is 10.8. The molecule has 1 rings (SSSR count). The first-order valence-electron chi connectivity index (χ1n) is 2.10. The molecule has 0 spiro atoms. The van der Waals surface area contributed by atoms with E-state index in [9.17, 15) is 8.76 Å². The van der Waals surface area contributed by atoms with Crippen molar-refractivity contribution in [3.05, 3.63) is 6.33 Å². The topological polar surface area (TPSA) is 94.8 Å². The molecule has 0 aromatic carbocycles. The normalized spacial score (nSPS) is 13.4. The molecule has 0 aliphatic heterocycles. The summed E-state index contributed by atoms with van der Waals surface area (Å²) in [5, 5.41) is -0.0602. The van der Waals surface area contributed by atoms with Crippen LogP contribution in [0, 0.1) is 0 Å². The zero-order valence-electron chi connectivity index (χ0n) is 4.33. The van der Waals surface area contributed by atoms with Gasteiger partial charge in [0.2, 0.25) is 0 Å². The van der Waals surface area contributed by atoms with Gasteiger partial charge in [-0.25, -0.2) is 4.98 Å². The Hall–Kier alpha value is -0.880. The van der Waals surface area contributed by atoms with E-state index in [0.717, 1.165) is 0 Å². The number of hydrogen-bond donors (Lipinski definition) is 2. The van der Waals surface area contributed by atoms with E-state index in [1.807, 2.05) is 0 Å². The Morgan fingerprint density at radius 3 is 2.78 bits per heavy atom. The average molecular weight is 146 g/mol. The van der Waals surface area contributed by atoms with Crippen molar-refractivity contribution in [1.29, 1.82) is 0 Å². The number of rotatable bonds is 1. The molecule has 0 bridgehead atoms. The van der Waals surface area contributed by atoms with Crippen LogP contribution >= 0.6 is 0 Å². The summed E-state index contributed by atoms with van der Waals surface area (Å²) in [6, 6.07) is 0. The van der Waals surface area contributed by atoms with Crippen molar-refractivity contribution in [2.75, 3.05) is 5.73 Å². The van der Waals surface area contributed by atoms with Gasteiger partial charge >= 0.3 is 0 Å². The summed E-state index contributed by atoms with van der Waals surface area (Å²) in [4.78, 5) is 5.82. The minimum atomic E-state index is -2.30. The molecule has 0 saturated heterocycles. The van der Waals surface area contributed by atoms with Gasteiger partial charge in [0, 0.05) is 0 Å². The van der Waals surface area contributed by atoms with Gasteiger partial charge in [-0.1, -0.05) is 0 Å². The summed E-state index contributed by atoms with van der Waals surface area (Å²) in [5.74, 6) is 0.00309. The molecule has 0 saturated carbocycles. The molecule has 9 heavy (non-hydrogen) atoms. The molecule has 0 aliphatic carbocycles. The van der Waals surface area contributed by atoms with Gasteiger partial charge in [0.1, 0.15) is 5.03 Å². The van der Waals surface area contributed by atoms with Gasteiger partial charge < -0.3 is 15.3 Å². The Morgan fingerprint density at radius 1 is 1.89 bits per heavy atom. The van der Waals surface area contributed by atoms with Crippen LogP contribution in [-0.4, -0.2) is 18.7 Å². The highest BCUT2D eigenvalue weighted by molar-refractivity contribution is 7.79. The summed E-state index contributed by atoms with van der Waals surface area (Å²) in [6.07, 6.45) is 1.22. The third-order valence-corrected chi connectivity index (χ3v) is 1.46. The molecule has 1 atom stereocenters. The molecule has 0 fully saturated rings. The minimum Gasteiger partial charge on any atom is -0.767 e. The second-order valence-corrected chi connectivity index (χ2v) is 2.23. The van der Waals surface area contributed by atoms with E-state index in [2.05, 4.69) is 9.97 Å². The summed E-state index contributed by atoms with van der Waals surface area (Å²) < 4.78 is 20.3. The van der Waals surface area contributed by atoms with Gasteiger partial charge in [0.25, 0.3) is 0 Å². The van der Waals surface area contributed by atoms with Crippen LogP contribution in [0.25, 0.3) is 0 Å². The van der Waals surface area contributed by atoms with Crippen molar-refractivity contribution in [3.63, 3.8) is 0 Å². The maximum Gasteiger partial charge on any atom is 0.157 e. The number of aromatic nitrogens is 2. The molecule has 1 unspecified atom stereocenters. The average Bonchev–Trinajstić information content (AvgIpc) is 2.13. The number of anilines is 1. The quantitative estimate of drug-likeness (QED) is 0.508. The molecule has 0 radical (unpaired) electrons. The number of nitrogens with zero attached hydrogens (tertiary/aromatic N) is 1. The van der Waals surface area contributed by atoms with E-state index >= 15 is 0 Å². The van der Waals surface area contributed by atoms with Gasteiger partial charge in [-0.15, -0.1) is 0 Å². The molecule has 1 heterocycles. The van der Waals surface area contributed by atoms with Crippen LogP contribution in [-0.2, 0) is 11.1 Å². The lowest BCUT2D eigenvalue weighted by Crippen LogP contribution is -1.94. The van der Waals surface area contributed by atoms with Gasteiger partial charge in [-0.3, -0.25) is 4.21 Å². The molecule has 0 aliphatic rings. The van der Waals surface area contributed by atoms with Crippen LogP contribution in [0.3, 0.4) is 0 Å². The van der Waals surface area contributed by atoms with Crippen LogP contribution in [0.5, 0.6) is 0 Å². The molecular weight excluding hydrogens is 142 g/mol. The maximum absolute atomic E-state index is 10.1. The van der Waals surface area contributed by atoms with Crippen LogP contribution in [0.2, 0.25) is 0 Å². The van der Waals surface area contributed by atoms with Crippen molar-refractivity contribution in [3.8, 4) is 0 Å². The van der Waals surface area contributed by atoms with Gasteiger partial charge in [-0.05, 0) is 11.1 Å². The van der Waals surface area contributed by atoms with E-state index in [1.54, 1.807) is 0 Å². The number of nitrogens with one attached hydrogen (secondary N) is 1. The third kappa shape index (κ3) is 1.08. The lowest BCUT2D eigenvalue weighted by Gasteiger charge is -1.99. The van der Waals surface area contributed by atoms with Gasteiger partial charge in [0.05, 0.1) is 6.33 Å². The van der Waals surface area contributed by atoms with Crippen LogP contribution in [0.4, 0.5) is 5.82 Å². The molecule has 3 N–H and O–H groups in total. The summed E-state index contributed by atoms with van der Waals surface area (Å²) >= 11 is -2.30. The van der Waals surface area contributed by atoms with Crippen LogP contribution < -0.4 is 5.73 Å². The Labute approximate surface area is 53.6 Å². The fourth-order valence-electron chi connectivity index (χ4n) is 0.427. The van der Waals surface area contributed by atoms with Crippen molar-refractivity contribution >= 4 is 16.9 Å². The molecule has 0 amide bonds. The Morgan fingerprint density at radius 2 is 2.56 bits per heavy atom. The van der Waals surface area contributed by atoms with Gasteiger partial charge in [0.15, 0.2) is 5.82 Å². The fraction of sp³-hybridized carbons (Fsp3) is 0. The number of nitrogen functional groups attached to an aromatic ring is 1. The van der Waals surface area contributed by atoms with E-state index in [4.69, 9.17) is 5.73 Å². The van der Waals surface area contributed by atoms with E-state index in [-0.39, 0.29) is 10.8 Å². The van der Waals surface area contributed by atoms with Gasteiger partial charge in [-0.2, -0.15) is 0 Å². The summed E-state index contributed by atoms with van der Waals surface area (Å²) in [6.45, 7) is 0. The largest absolute Gasteiger partial charge is 0.767 e. The predicted molar refractivity (Wildman–Crippen MR) is 30.2 cm³/mol. The Bertz CT molecular complexity index is 233. The lowest BCUT2D eigenvalue weighted by molar-refractivity contribution is 0.534. The van der Waals surface area contributed by atoms with E-state index < -0.39 is 11.1 Å². The standard InChI is InChI=1S/C3H5N3O2S/c4-2-3(9(7)8)6-1-5-2/h1H,4H2,(H,5,6)(H,7,8)/p-1. The highest BCUT2D eigenvalue weighted by Gasteiger charge is 1.98. The maximum atomic E-state index is 10.1. The number of nitrogens with two attached hydrogens (primary N) is 1. The molecule has 1 aromatic rings. The SMILES string of the molecule is Nc1nc[nH]c1S(=O)[O-]. The highest BCUT2D eigenvalue weighted by Crippen LogP contribution is 2.06. The zero-order valence-corrected chi connectivity index (χ0v) is 5.14. The Balaban J connectivity index is 3.08. The number of aromatic amines is 1.